The van der Waals surface area contributed by atoms with E-state index in [1.807, 2.05) is 0 Å². The van der Waals surface area contributed by atoms with Gasteiger partial charge in [0.05, 0.1) is 11.8 Å². The number of likely N-dealkylation sites (tertiary alicyclic amines) is 1. The van der Waals surface area contributed by atoms with E-state index in [1.165, 1.54) is 34.1 Å². The molecule has 0 unspecified atom stereocenters. The van der Waals surface area contributed by atoms with Gasteiger partial charge in [0.1, 0.15) is 17.0 Å². The zero-order valence-electron chi connectivity index (χ0n) is 19.3. The molecule has 0 radical (unpaired) electrons. The lowest BCUT2D eigenvalue weighted by atomic mass is 9.98. The van der Waals surface area contributed by atoms with Crippen LogP contribution in [0.4, 0.5) is 19.0 Å². The second kappa shape index (κ2) is 9.19. The van der Waals surface area contributed by atoms with E-state index in [9.17, 15) is 13.2 Å². The quantitative estimate of drug-likeness (QED) is 0.339. The summed E-state index contributed by atoms with van der Waals surface area (Å²) in [5.74, 6) is 0.634. The zero-order chi connectivity index (χ0) is 23.9. The van der Waals surface area contributed by atoms with Crippen LogP contribution in [0.5, 0.6) is 0 Å². The van der Waals surface area contributed by atoms with Gasteiger partial charge in [-0.05, 0) is 55.5 Å². The molecule has 34 heavy (non-hydrogen) atoms. The first kappa shape index (κ1) is 23.1. The van der Waals surface area contributed by atoms with Crippen molar-refractivity contribution in [3.63, 3.8) is 0 Å². The number of anilines is 1. The summed E-state index contributed by atoms with van der Waals surface area (Å²) in [5, 5.41) is 5.48. The summed E-state index contributed by atoms with van der Waals surface area (Å²) in [4.78, 5) is 15.3. The van der Waals surface area contributed by atoms with Crippen molar-refractivity contribution in [3.05, 3.63) is 52.3 Å². The molecule has 0 bridgehead atoms. The molecule has 0 spiro atoms. The minimum atomic E-state index is -4.23. The molecule has 2 N–H and O–H groups in total. The minimum absolute atomic E-state index is 0.237. The van der Waals surface area contributed by atoms with Gasteiger partial charge < -0.3 is 10.3 Å². The number of piperidine rings is 1. The molecular formula is C25H28F3N5S. The van der Waals surface area contributed by atoms with Crippen molar-refractivity contribution in [1.82, 2.24) is 19.9 Å². The number of nitrogens with zero attached hydrogens (tertiary/aromatic N) is 3. The first-order valence-electron chi connectivity index (χ1n) is 11.7. The number of thiophene rings is 1. The van der Waals surface area contributed by atoms with E-state index in [0.717, 1.165) is 50.2 Å². The minimum Gasteiger partial charge on any atom is -0.367 e. The Labute approximate surface area is 200 Å². The van der Waals surface area contributed by atoms with Gasteiger partial charge in [0.25, 0.3) is 0 Å². The van der Waals surface area contributed by atoms with Gasteiger partial charge >= 0.3 is 6.18 Å². The second-order valence-corrected chi connectivity index (χ2v) is 10.2. The number of hydrogen-bond acceptors (Lipinski definition) is 5. The van der Waals surface area contributed by atoms with Gasteiger partial charge in [-0.25, -0.2) is 9.97 Å². The van der Waals surface area contributed by atoms with E-state index < -0.39 is 12.6 Å². The molecule has 1 aromatic carbocycles. The molecule has 5 nitrogen and oxygen atoms in total. The lowest BCUT2D eigenvalue weighted by molar-refractivity contribution is -0.126. The van der Waals surface area contributed by atoms with Crippen molar-refractivity contribution < 1.29 is 13.2 Å². The summed E-state index contributed by atoms with van der Waals surface area (Å²) in [5.41, 5.74) is 5.18. The summed E-state index contributed by atoms with van der Waals surface area (Å²) in [7, 11) is 0. The molecule has 0 amide bonds. The predicted octanol–water partition coefficient (Wildman–Crippen LogP) is 6.22. The smallest absolute Gasteiger partial charge is 0.367 e. The van der Waals surface area contributed by atoms with Crippen LogP contribution in [0.25, 0.3) is 21.1 Å². The average molecular weight is 488 g/mol. The molecule has 4 aromatic rings. The second-order valence-electron chi connectivity index (χ2n) is 9.11. The topological polar surface area (TPSA) is 56.8 Å². The van der Waals surface area contributed by atoms with Crippen LogP contribution >= 0.6 is 11.3 Å². The first-order chi connectivity index (χ1) is 16.3. The third-order valence-electron chi connectivity index (χ3n) is 6.58. The molecule has 3 aromatic heterocycles. The number of aromatic nitrogens is 3. The highest BCUT2D eigenvalue weighted by atomic mass is 32.1. The molecule has 1 saturated heterocycles. The zero-order valence-corrected chi connectivity index (χ0v) is 20.1. The van der Waals surface area contributed by atoms with Crippen LogP contribution in [0.15, 0.2) is 30.6 Å². The Kier molecular flexibility index (Phi) is 6.24. The van der Waals surface area contributed by atoms with Crippen LogP contribution < -0.4 is 5.32 Å². The molecule has 5 rings (SSSR count). The molecule has 0 atom stereocenters. The molecule has 1 aliphatic heterocycles. The Morgan fingerprint density at radius 3 is 2.68 bits per heavy atom. The Balaban J connectivity index is 1.24. The largest absolute Gasteiger partial charge is 0.393 e. The van der Waals surface area contributed by atoms with Crippen LogP contribution in [-0.2, 0) is 19.4 Å². The van der Waals surface area contributed by atoms with E-state index in [0.29, 0.717) is 16.0 Å². The maximum atomic E-state index is 12.8. The Bertz CT molecular complexity index is 1300. The average Bonchev–Trinajstić information content (AvgIpc) is 3.36. The highest BCUT2D eigenvalue weighted by Crippen LogP contribution is 2.33. The van der Waals surface area contributed by atoms with Crippen LogP contribution in [-0.4, -0.2) is 45.2 Å². The van der Waals surface area contributed by atoms with Crippen molar-refractivity contribution in [2.75, 3.05) is 18.4 Å². The Morgan fingerprint density at radius 2 is 1.94 bits per heavy atom. The van der Waals surface area contributed by atoms with E-state index in [4.69, 9.17) is 0 Å². The monoisotopic (exact) mass is 487 g/mol. The highest BCUT2D eigenvalue weighted by molar-refractivity contribution is 7.18. The molecule has 1 aliphatic rings. The fourth-order valence-electron chi connectivity index (χ4n) is 4.99. The van der Waals surface area contributed by atoms with Crippen LogP contribution in [0.1, 0.15) is 41.5 Å². The first-order valence-corrected chi connectivity index (χ1v) is 12.5. The predicted molar refractivity (Wildman–Crippen MR) is 132 cm³/mol. The van der Waals surface area contributed by atoms with E-state index in [2.05, 4.69) is 57.2 Å². The summed E-state index contributed by atoms with van der Waals surface area (Å²) in [6.07, 6.45) is -0.811. The van der Waals surface area contributed by atoms with Crippen molar-refractivity contribution in [2.24, 2.45) is 0 Å². The van der Waals surface area contributed by atoms with Gasteiger partial charge in [-0.15, -0.1) is 11.3 Å². The SMILES string of the molecule is CCc1c(CN2CCC(Nc3ncnc4sc(CC(F)(F)F)cc34)CC2)ccc2[nH]c(C)cc12. The maximum absolute atomic E-state index is 12.8. The van der Waals surface area contributed by atoms with Crippen molar-refractivity contribution in [3.8, 4) is 0 Å². The van der Waals surface area contributed by atoms with Gasteiger partial charge in [0.2, 0.25) is 0 Å². The number of benzene rings is 1. The summed E-state index contributed by atoms with van der Waals surface area (Å²) >= 11 is 1.09. The van der Waals surface area contributed by atoms with E-state index in [1.54, 1.807) is 6.07 Å². The van der Waals surface area contributed by atoms with Crippen molar-refractivity contribution in [2.45, 2.75) is 58.3 Å². The summed E-state index contributed by atoms with van der Waals surface area (Å²) in [6, 6.07) is 8.48. The van der Waals surface area contributed by atoms with E-state index >= 15 is 0 Å². The highest BCUT2D eigenvalue weighted by Gasteiger charge is 2.29. The molecule has 4 heterocycles. The van der Waals surface area contributed by atoms with Crippen molar-refractivity contribution in [1.29, 1.82) is 0 Å². The standard InChI is InChI=1S/C25H28F3N5S/c1-3-19-16(4-5-22-20(19)10-15(2)31-22)13-33-8-6-17(7-9-33)32-23-21-11-18(12-25(26,27)28)34-24(21)30-14-29-23/h4-5,10-11,14,17,31H,3,6-9,12-13H2,1-2H3,(H,29,30,32). The number of fused-ring (bicyclic) bond motifs is 2. The molecule has 0 aliphatic carbocycles. The number of nitrogens with one attached hydrogen (secondary N) is 2. The van der Waals surface area contributed by atoms with Gasteiger partial charge in [0.15, 0.2) is 0 Å². The van der Waals surface area contributed by atoms with Gasteiger partial charge in [0, 0.05) is 47.2 Å². The van der Waals surface area contributed by atoms with Gasteiger partial charge in [-0.2, -0.15) is 13.2 Å². The maximum Gasteiger partial charge on any atom is 0.393 e. The van der Waals surface area contributed by atoms with Crippen LogP contribution in [0.2, 0.25) is 0 Å². The molecular weight excluding hydrogens is 459 g/mol. The number of H-pyrrole nitrogens is 1. The van der Waals surface area contributed by atoms with Crippen LogP contribution in [0, 0.1) is 6.92 Å². The fourth-order valence-corrected chi connectivity index (χ4v) is 6.02. The number of rotatable bonds is 6. The molecule has 0 saturated carbocycles. The lowest BCUT2D eigenvalue weighted by Gasteiger charge is -2.33. The number of hydrogen-bond donors (Lipinski definition) is 2. The van der Waals surface area contributed by atoms with Crippen LogP contribution in [0.3, 0.4) is 0 Å². The van der Waals surface area contributed by atoms with Crippen molar-refractivity contribution >= 4 is 38.3 Å². The number of aryl methyl sites for hydroxylation is 2. The number of halogens is 3. The summed E-state index contributed by atoms with van der Waals surface area (Å²) in [6.45, 7) is 7.16. The molecule has 180 valence electrons. The number of alkyl halides is 3. The summed E-state index contributed by atoms with van der Waals surface area (Å²) < 4.78 is 38.4. The Hall–Kier alpha value is -2.65. The molecule has 9 heteroatoms. The van der Waals surface area contributed by atoms with E-state index in [-0.39, 0.29) is 10.9 Å². The third-order valence-corrected chi connectivity index (χ3v) is 7.62. The third kappa shape index (κ3) is 4.90. The fraction of sp³-hybridized carbons (Fsp3) is 0.440. The molecule has 1 fully saturated rings. The normalized spacial score (nSPS) is 16.0. The number of aromatic amines is 1. The van der Waals surface area contributed by atoms with Gasteiger partial charge in [-0.3, -0.25) is 4.90 Å². The van der Waals surface area contributed by atoms with Gasteiger partial charge in [-0.1, -0.05) is 13.0 Å². The lowest BCUT2D eigenvalue weighted by Crippen LogP contribution is -2.39. The Morgan fingerprint density at radius 1 is 1.15 bits per heavy atom.